The van der Waals surface area contributed by atoms with Gasteiger partial charge < -0.3 is 25.6 Å². The molecule has 13 nitrogen and oxygen atoms in total. The summed E-state index contributed by atoms with van der Waals surface area (Å²) in [6.07, 6.45) is 6.31. The number of nitrogens with one attached hydrogen (secondary N) is 1. The average Bonchev–Trinajstić information content (AvgIpc) is 2.98. The fraction of sp³-hybridized carbons (Fsp3) is 0.143. The zero-order valence-corrected chi connectivity index (χ0v) is 22.3. The third kappa shape index (κ3) is 11.3. The highest BCUT2D eigenvalue weighted by Crippen LogP contribution is 2.13. The normalized spacial score (nSPS) is 9.51. The number of carbonyl (C=O) groups excluding carboxylic acids is 3. The minimum atomic E-state index is -0.848. The number of carboxylic acid groups (broad SMARTS) is 1. The Morgan fingerprint density at radius 2 is 1.22 bits per heavy atom. The van der Waals surface area contributed by atoms with Gasteiger partial charge in [0.1, 0.15) is 22.8 Å². The van der Waals surface area contributed by atoms with Crippen LogP contribution in [0.3, 0.4) is 0 Å². The maximum atomic E-state index is 11.9. The van der Waals surface area contributed by atoms with Crippen molar-refractivity contribution in [1.82, 2.24) is 19.9 Å². The van der Waals surface area contributed by atoms with Gasteiger partial charge in [-0.1, -0.05) is 12.1 Å². The topological polar surface area (TPSA) is 197 Å². The standard InChI is InChI=1S/C14H13N3O3.C7H8N2O2.C7H7NO2/c1-20-14(19)11-6-4-8-16-13(11)17-12(18)9-10-5-2-3-7-15-10;1-11-7(10)5-3-2-4-9-6(5)8;9-7(10)5-6-3-1-2-4-8-6/h2-8H,9H2,1H3,(H,16,17,18);2-4H,1H3,(H2,8,9);1-4H,5H2,(H,9,10). The summed E-state index contributed by atoms with van der Waals surface area (Å²) in [6, 6.07) is 16.9. The second-order valence-electron chi connectivity index (χ2n) is 7.76. The summed E-state index contributed by atoms with van der Waals surface area (Å²) in [4.78, 5) is 60.1. The van der Waals surface area contributed by atoms with E-state index in [-0.39, 0.29) is 35.9 Å². The van der Waals surface area contributed by atoms with E-state index in [1.807, 2.05) is 0 Å². The lowest BCUT2D eigenvalue weighted by Crippen LogP contribution is -2.18. The van der Waals surface area contributed by atoms with Gasteiger partial charge in [-0.25, -0.2) is 19.6 Å². The SMILES string of the molecule is COC(=O)c1cccnc1N.COC(=O)c1cccnc1NC(=O)Cc1ccccn1.O=C(O)Cc1ccccn1. The second-order valence-corrected chi connectivity index (χ2v) is 7.76. The van der Waals surface area contributed by atoms with Crippen LogP contribution in [0.1, 0.15) is 32.1 Å². The average molecular weight is 561 g/mol. The van der Waals surface area contributed by atoms with Crippen molar-refractivity contribution < 1.29 is 33.8 Å². The number of rotatable bonds is 7. The summed E-state index contributed by atoms with van der Waals surface area (Å²) < 4.78 is 9.09. The molecule has 0 aliphatic heterocycles. The first-order valence-corrected chi connectivity index (χ1v) is 11.9. The van der Waals surface area contributed by atoms with Gasteiger partial charge in [-0.3, -0.25) is 19.6 Å². The van der Waals surface area contributed by atoms with E-state index in [0.717, 1.165) is 0 Å². The van der Waals surface area contributed by atoms with Crippen LogP contribution in [0.25, 0.3) is 0 Å². The molecule has 0 saturated carbocycles. The van der Waals surface area contributed by atoms with Crippen molar-refractivity contribution in [2.45, 2.75) is 12.8 Å². The van der Waals surface area contributed by atoms with E-state index in [1.165, 1.54) is 32.7 Å². The molecule has 0 bridgehead atoms. The first-order valence-electron chi connectivity index (χ1n) is 11.9. The molecular formula is C28H28N6O7. The summed E-state index contributed by atoms with van der Waals surface area (Å²) in [6.45, 7) is 0. The largest absolute Gasteiger partial charge is 0.481 e. The number of nitrogens with zero attached hydrogens (tertiary/aromatic N) is 4. The number of ether oxygens (including phenoxy) is 2. The van der Waals surface area contributed by atoms with Crippen molar-refractivity contribution in [2.24, 2.45) is 0 Å². The van der Waals surface area contributed by atoms with Gasteiger partial charge in [0, 0.05) is 30.5 Å². The molecule has 4 rings (SSSR count). The number of carbonyl (C=O) groups is 4. The minimum Gasteiger partial charge on any atom is -0.481 e. The number of methoxy groups -OCH3 is 2. The maximum absolute atomic E-state index is 11.9. The number of aliphatic carboxylic acids is 1. The van der Waals surface area contributed by atoms with Crippen LogP contribution in [0.4, 0.5) is 11.6 Å². The molecule has 0 radical (unpaired) electrons. The quantitative estimate of drug-likeness (QED) is 0.280. The van der Waals surface area contributed by atoms with E-state index >= 15 is 0 Å². The Kier molecular flexibility index (Phi) is 13.0. The van der Waals surface area contributed by atoms with E-state index in [4.69, 9.17) is 10.8 Å². The molecule has 4 heterocycles. The highest BCUT2D eigenvalue weighted by Gasteiger charge is 2.15. The molecule has 0 saturated heterocycles. The van der Waals surface area contributed by atoms with Gasteiger partial charge in [0.2, 0.25) is 5.91 Å². The number of hydrogen-bond donors (Lipinski definition) is 3. The molecule has 1 amide bonds. The van der Waals surface area contributed by atoms with Crippen molar-refractivity contribution in [3.8, 4) is 0 Å². The second kappa shape index (κ2) is 17.0. The summed E-state index contributed by atoms with van der Waals surface area (Å²) in [5.41, 5.74) is 7.13. The Balaban J connectivity index is 0.000000236. The van der Waals surface area contributed by atoms with Crippen LogP contribution < -0.4 is 11.1 Å². The molecule has 4 N–H and O–H groups in total. The summed E-state index contributed by atoms with van der Waals surface area (Å²) >= 11 is 0. The van der Waals surface area contributed by atoms with Crippen molar-refractivity contribution in [2.75, 3.05) is 25.3 Å². The molecule has 4 aromatic rings. The Labute approximate surface area is 235 Å². The predicted octanol–water partition coefficient (Wildman–Crippen LogP) is 2.60. The number of nitrogens with two attached hydrogens (primary N) is 1. The lowest BCUT2D eigenvalue weighted by atomic mass is 10.2. The van der Waals surface area contributed by atoms with Crippen molar-refractivity contribution in [1.29, 1.82) is 0 Å². The molecule has 0 atom stereocenters. The van der Waals surface area contributed by atoms with E-state index in [0.29, 0.717) is 17.0 Å². The molecule has 41 heavy (non-hydrogen) atoms. The molecule has 212 valence electrons. The third-order valence-corrected chi connectivity index (χ3v) is 4.84. The number of amides is 1. The van der Waals surface area contributed by atoms with E-state index in [2.05, 4.69) is 34.7 Å². The van der Waals surface area contributed by atoms with Gasteiger partial charge in [-0.05, 0) is 48.5 Å². The number of anilines is 2. The molecule has 0 aliphatic carbocycles. The Hall–Kier alpha value is -5.72. The number of aromatic nitrogens is 4. The zero-order valence-electron chi connectivity index (χ0n) is 22.3. The van der Waals surface area contributed by atoms with Crippen LogP contribution in [0, 0.1) is 0 Å². The maximum Gasteiger partial charge on any atom is 0.341 e. The van der Waals surface area contributed by atoms with Gasteiger partial charge >= 0.3 is 17.9 Å². The summed E-state index contributed by atoms with van der Waals surface area (Å²) in [7, 11) is 2.57. The van der Waals surface area contributed by atoms with Crippen LogP contribution >= 0.6 is 0 Å². The van der Waals surface area contributed by atoms with E-state index in [9.17, 15) is 19.2 Å². The molecule has 0 aromatic carbocycles. The van der Waals surface area contributed by atoms with E-state index < -0.39 is 17.9 Å². The Morgan fingerprint density at radius 1 is 0.707 bits per heavy atom. The summed E-state index contributed by atoms with van der Waals surface area (Å²) in [5, 5.41) is 10.9. The van der Waals surface area contributed by atoms with Crippen LogP contribution in [0.5, 0.6) is 0 Å². The molecule has 0 fully saturated rings. The van der Waals surface area contributed by atoms with Crippen LogP contribution in [0.2, 0.25) is 0 Å². The minimum absolute atomic E-state index is 0.000833. The molecule has 0 spiro atoms. The van der Waals surface area contributed by atoms with Crippen LogP contribution in [-0.2, 0) is 31.9 Å². The molecule has 13 heteroatoms. The number of carboxylic acids is 1. The van der Waals surface area contributed by atoms with Gasteiger partial charge in [-0.15, -0.1) is 0 Å². The first-order chi connectivity index (χ1) is 19.7. The number of hydrogen-bond acceptors (Lipinski definition) is 11. The first kappa shape index (κ1) is 31.5. The van der Waals surface area contributed by atoms with E-state index in [1.54, 1.807) is 67.0 Å². The van der Waals surface area contributed by atoms with Crippen LogP contribution in [-0.4, -0.2) is 63.1 Å². The highest BCUT2D eigenvalue weighted by atomic mass is 16.5. The highest BCUT2D eigenvalue weighted by molar-refractivity contribution is 6.00. The van der Waals surface area contributed by atoms with Gasteiger partial charge in [0.25, 0.3) is 0 Å². The van der Waals surface area contributed by atoms with Crippen LogP contribution in [0.15, 0.2) is 85.5 Å². The van der Waals surface area contributed by atoms with Gasteiger partial charge in [0.15, 0.2) is 0 Å². The van der Waals surface area contributed by atoms with Gasteiger partial charge in [-0.2, -0.15) is 0 Å². The third-order valence-electron chi connectivity index (χ3n) is 4.84. The summed E-state index contributed by atoms with van der Waals surface area (Å²) in [5.74, 6) is -1.78. The number of nitrogen functional groups attached to an aromatic ring is 1. The smallest absolute Gasteiger partial charge is 0.341 e. The fourth-order valence-corrected chi connectivity index (χ4v) is 2.98. The lowest BCUT2D eigenvalue weighted by Gasteiger charge is -2.08. The number of esters is 2. The lowest BCUT2D eigenvalue weighted by molar-refractivity contribution is -0.136. The molecule has 0 unspecified atom stereocenters. The van der Waals surface area contributed by atoms with Crippen molar-refractivity contribution in [3.63, 3.8) is 0 Å². The molecular weight excluding hydrogens is 532 g/mol. The van der Waals surface area contributed by atoms with Crippen molar-refractivity contribution >= 4 is 35.5 Å². The Morgan fingerprint density at radius 3 is 1.73 bits per heavy atom. The number of pyridine rings is 4. The molecule has 0 aliphatic rings. The predicted molar refractivity (Wildman–Crippen MR) is 148 cm³/mol. The monoisotopic (exact) mass is 560 g/mol. The van der Waals surface area contributed by atoms with Gasteiger partial charge in [0.05, 0.1) is 32.8 Å². The zero-order chi connectivity index (χ0) is 30.0. The fourth-order valence-electron chi connectivity index (χ4n) is 2.98. The molecule has 4 aromatic heterocycles. The van der Waals surface area contributed by atoms with Crippen molar-refractivity contribution in [3.05, 3.63) is 108 Å². The Bertz CT molecular complexity index is 1440.